The van der Waals surface area contributed by atoms with Gasteiger partial charge in [-0.1, -0.05) is 50.6 Å². The number of aliphatic hydroxyl groups is 1. The minimum absolute atomic E-state index is 0.0905. The predicted octanol–water partition coefficient (Wildman–Crippen LogP) is 9.03. The Balaban J connectivity index is 0.000000581. The number of ether oxygens (including phenoxy) is 2. The quantitative estimate of drug-likeness (QED) is 0.190. The molecule has 268 valence electrons. The zero-order valence-corrected chi connectivity index (χ0v) is 31.3. The molecule has 0 saturated carbocycles. The second-order valence-electron chi connectivity index (χ2n) is 13.3. The molecular weight excluding hydrogens is 640 g/mol. The summed E-state index contributed by atoms with van der Waals surface area (Å²) in [4.78, 5) is 15.8. The van der Waals surface area contributed by atoms with Crippen molar-refractivity contribution in [2.45, 2.75) is 105 Å². The number of carboxylic acid groups (broad SMARTS) is 1. The van der Waals surface area contributed by atoms with E-state index in [1.165, 1.54) is 11.4 Å². The lowest BCUT2D eigenvalue weighted by atomic mass is 9.93. The number of hydrogen-bond donors (Lipinski definition) is 2. The average Bonchev–Trinajstić information content (AvgIpc) is 3.48. The van der Waals surface area contributed by atoms with Gasteiger partial charge in [-0.05, 0) is 103 Å². The Hall–Kier alpha value is -3.66. The Morgan fingerprint density at radius 2 is 1.63 bits per heavy atom. The first-order chi connectivity index (χ1) is 23.4. The number of halogens is 1. The smallest absolute Gasteiger partial charge is 0.290 e. The van der Waals surface area contributed by atoms with Crippen molar-refractivity contribution in [3.8, 4) is 28.1 Å². The van der Waals surface area contributed by atoms with Gasteiger partial charge in [0.1, 0.15) is 11.6 Å². The number of benzene rings is 2. The van der Waals surface area contributed by atoms with Gasteiger partial charge in [0, 0.05) is 53.2 Å². The Labute approximate surface area is 297 Å². The van der Waals surface area contributed by atoms with Crippen LogP contribution in [0, 0.1) is 6.92 Å². The van der Waals surface area contributed by atoms with Crippen molar-refractivity contribution in [3.63, 3.8) is 0 Å². The molecule has 9 nitrogen and oxygen atoms in total. The first-order valence-corrected chi connectivity index (χ1v) is 17.8. The number of aromatic nitrogens is 3. The SMILES string of the molecule is CC.CC(C)(C)O.CCc1c(C)nc2cc3nn2c1N1CCC(C)(CC1)OCCCCCOc1cc(Cl)ccc1-c1cccc-3c1.O=CO. The monoisotopic (exact) mass is 694 g/mol. The van der Waals surface area contributed by atoms with Crippen molar-refractivity contribution in [2.24, 2.45) is 0 Å². The van der Waals surface area contributed by atoms with Crippen LogP contribution in [0.5, 0.6) is 5.75 Å². The number of carbonyl (C=O) groups is 1. The fraction of sp³-hybridized carbons (Fsp3) is 0.513. The summed E-state index contributed by atoms with van der Waals surface area (Å²) in [6, 6.07) is 16.5. The first kappa shape index (κ1) is 39.8. The van der Waals surface area contributed by atoms with Crippen LogP contribution in [0.1, 0.15) is 91.8 Å². The predicted molar refractivity (Wildman–Crippen MR) is 200 cm³/mol. The highest BCUT2D eigenvalue weighted by Gasteiger charge is 2.33. The van der Waals surface area contributed by atoms with Gasteiger partial charge in [-0.2, -0.15) is 9.61 Å². The highest BCUT2D eigenvalue weighted by Crippen LogP contribution is 2.37. The van der Waals surface area contributed by atoms with Gasteiger partial charge in [-0.25, -0.2) is 4.98 Å². The normalized spacial score (nSPS) is 15.7. The van der Waals surface area contributed by atoms with Crippen molar-refractivity contribution in [1.29, 1.82) is 0 Å². The standard InChI is InChI=1S/C32H37ClN4O2.C4H10O.C2H6.CH2O2/c1-4-26-22(2)34-30-21-28-24-10-8-9-23(19-24)27-12-11-25(33)20-29(27)38-17-6-5-7-18-39-32(3)13-15-36(16-14-32)31(26)37(30)35-28;1-4(2,3)5;1-2;2-1-3/h8-12,19-21H,4-7,13-18H2,1-3H3;5H,1-3H3;1-2H3;1H,(H,2,3). The molecule has 2 N–H and O–H groups in total. The lowest BCUT2D eigenvalue weighted by Gasteiger charge is -2.41. The van der Waals surface area contributed by atoms with E-state index in [9.17, 15) is 0 Å². The molecule has 1 fully saturated rings. The summed E-state index contributed by atoms with van der Waals surface area (Å²) in [6.45, 7) is 18.9. The molecule has 10 heteroatoms. The number of nitrogens with zero attached hydrogens (tertiary/aromatic N) is 4. The largest absolute Gasteiger partial charge is 0.493 e. The molecule has 0 unspecified atom stereocenters. The van der Waals surface area contributed by atoms with Gasteiger partial charge in [0.05, 0.1) is 23.5 Å². The van der Waals surface area contributed by atoms with E-state index in [0.717, 1.165) is 97.7 Å². The maximum Gasteiger partial charge on any atom is 0.290 e. The maximum absolute atomic E-state index is 8.52. The van der Waals surface area contributed by atoms with Crippen LogP contribution in [-0.2, 0) is 16.0 Å². The highest BCUT2D eigenvalue weighted by atomic mass is 35.5. The number of piperidine rings is 1. The summed E-state index contributed by atoms with van der Waals surface area (Å²) in [5, 5.41) is 21.2. The molecule has 7 rings (SSSR count). The third kappa shape index (κ3) is 11.2. The molecule has 0 radical (unpaired) electrons. The Kier molecular flexibility index (Phi) is 14.9. The average molecular weight is 695 g/mol. The molecule has 4 aromatic rings. The van der Waals surface area contributed by atoms with Gasteiger partial charge in [0.15, 0.2) is 5.65 Å². The molecule has 2 aromatic heterocycles. The van der Waals surface area contributed by atoms with Crippen LogP contribution >= 0.6 is 11.6 Å². The van der Waals surface area contributed by atoms with Gasteiger partial charge in [-0.15, -0.1) is 0 Å². The van der Waals surface area contributed by atoms with Crippen molar-refractivity contribution in [3.05, 3.63) is 64.8 Å². The summed E-state index contributed by atoms with van der Waals surface area (Å²) in [6.07, 6.45) is 5.99. The zero-order chi connectivity index (χ0) is 36.2. The number of rotatable bonds is 1. The second kappa shape index (κ2) is 18.4. The second-order valence-corrected chi connectivity index (χ2v) is 13.8. The fourth-order valence-electron chi connectivity index (χ4n) is 5.93. The van der Waals surface area contributed by atoms with Crippen LogP contribution in [0.4, 0.5) is 5.82 Å². The van der Waals surface area contributed by atoms with Crippen LogP contribution in [0.3, 0.4) is 0 Å². The maximum atomic E-state index is 8.52. The van der Waals surface area contributed by atoms with Crippen molar-refractivity contribution in [2.75, 3.05) is 31.2 Å². The van der Waals surface area contributed by atoms with E-state index in [4.69, 9.17) is 46.2 Å². The third-order valence-corrected chi connectivity index (χ3v) is 8.50. The van der Waals surface area contributed by atoms with Crippen LogP contribution in [0.15, 0.2) is 48.5 Å². The first-order valence-electron chi connectivity index (χ1n) is 17.5. The lowest BCUT2D eigenvalue weighted by Crippen LogP contribution is -2.45. The van der Waals surface area contributed by atoms with Gasteiger partial charge in [0.25, 0.3) is 6.47 Å². The minimum atomic E-state index is -0.500. The van der Waals surface area contributed by atoms with E-state index in [-0.39, 0.29) is 12.1 Å². The van der Waals surface area contributed by atoms with E-state index in [2.05, 4.69) is 60.5 Å². The van der Waals surface area contributed by atoms with Crippen LogP contribution in [-0.4, -0.2) is 68.8 Å². The topological polar surface area (TPSA) is 109 Å². The summed E-state index contributed by atoms with van der Waals surface area (Å²) in [5.74, 6) is 1.98. The number of fused-ring (bicyclic) bond motifs is 8. The van der Waals surface area contributed by atoms with E-state index in [0.29, 0.717) is 11.6 Å². The lowest BCUT2D eigenvalue weighted by molar-refractivity contribution is -0.122. The molecule has 3 aliphatic rings. The summed E-state index contributed by atoms with van der Waals surface area (Å²) >= 11 is 6.37. The molecular formula is C39H55ClN4O5. The highest BCUT2D eigenvalue weighted by molar-refractivity contribution is 6.30. The number of anilines is 1. The van der Waals surface area contributed by atoms with Crippen molar-refractivity contribution >= 4 is 29.5 Å². The van der Waals surface area contributed by atoms with Gasteiger partial charge < -0.3 is 24.6 Å². The Bertz CT molecular complexity index is 1630. The summed E-state index contributed by atoms with van der Waals surface area (Å²) < 4.78 is 14.8. The van der Waals surface area contributed by atoms with E-state index >= 15 is 0 Å². The van der Waals surface area contributed by atoms with E-state index in [1.54, 1.807) is 20.8 Å². The van der Waals surface area contributed by atoms with Crippen LogP contribution < -0.4 is 9.64 Å². The van der Waals surface area contributed by atoms with Gasteiger partial charge >= 0.3 is 0 Å². The van der Waals surface area contributed by atoms with Gasteiger partial charge in [0.2, 0.25) is 0 Å². The Morgan fingerprint density at radius 3 is 2.29 bits per heavy atom. The summed E-state index contributed by atoms with van der Waals surface area (Å²) in [7, 11) is 0. The molecule has 49 heavy (non-hydrogen) atoms. The fourth-order valence-corrected chi connectivity index (χ4v) is 6.10. The summed E-state index contributed by atoms with van der Waals surface area (Å²) in [5.41, 5.74) is 6.70. The zero-order valence-electron chi connectivity index (χ0n) is 30.6. The van der Waals surface area contributed by atoms with Gasteiger partial charge in [-0.3, -0.25) is 4.79 Å². The van der Waals surface area contributed by atoms with Crippen molar-refractivity contribution in [1.82, 2.24) is 14.6 Å². The molecule has 1 saturated heterocycles. The van der Waals surface area contributed by atoms with E-state index in [1.807, 2.05) is 32.0 Å². The number of aryl methyl sites for hydroxylation is 1. The molecule has 5 heterocycles. The minimum Gasteiger partial charge on any atom is -0.493 e. The molecule has 0 amide bonds. The Morgan fingerprint density at radius 1 is 1.00 bits per heavy atom. The molecule has 2 aromatic carbocycles. The number of hydrogen-bond acceptors (Lipinski definition) is 7. The molecule has 0 atom stereocenters. The van der Waals surface area contributed by atoms with E-state index < -0.39 is 5.60 Å². The molecule has 0 spiro atoms. The van der Waals surface area contributed by atoms with Crippen LogP contribution in [0.2, 0.25) is 5.02 Å². The van der Waals surface area contributed by atoms with Crippen molar-refractivity contribution < 1.29 is 24.5 Å². The molecule has 3 aliphatic heterocycles. The molecule has 0 aliphatic carbocycles. The third-order valence-electron chi connectivity index (χ3n) is 8.26. The molecule has 6 bridgehead atoms. The van der Waals surface area contributed by atoms with Crippen LogP contribution in [0.25, 0.3) is 28.0 Å².